The van der Waals surface area contributed by atoms with Crippen LogP contribution in [0.15, 0.2) is 0 Å². The molecule has 3 nitrogen and oxygen atoms in total. The third-order valence-electron chi connectivity index (χ3n) is 7.03. The molecule has 0 saturated heterocycles. The first-order valence-electron chi connectivity index (χ1n) is 13.1. The van der Waals surface area contributed by atoms with Crippen LogP contribution < -0.4 is 9.47 Å². The molecule has 0 aromatic heterocycles. The fourth-order valence-electron chi connectivity index (χ4n) is 4.83. The minimum atomic E-state index is 0.526. The molecule has 1 rings (SSSR count). The monoisotopic (exact) mass is 446 g/mol. The van der Waals surface area contributed by atoms with Crippen molar-refractivity contribution in [2.24, 2.45) is 11.8 Å². The SMILES string of the molecule is COc1c(C)c(C)c(OC=O)c(C)c1CCCCCCCCCC[C@H](C)CCCC(C)C. The number of carbonyl (C=O) groups excluding carboxylic acids is 1. The molecule has 0 fully saturated rings. The number of methoxy groups -OCH3 is 1. The summed E-state index contributed by atoms with van der Waals surface area (Å²) in [5.41, 5.74) is 4.28. The molecule has 0 amide bonds. The van der Waals surface area contributed by atoms with Crippen LogP contribution in [0.2, 0.25) is 0 Å². The van der Waals surface area contributed by atoms with Crippen molar-refractivity contribution in [3.05, 3.63) is 22.3 Å². The molecule has 1 aromatic carbocycles. The van der Waals surface area contributed by atoms with E-state index >= 15 is 0 Å². The van der Waals surface area contributed by atoms with Gasteiger partial charge in [-0.15, -0.1) is 0 Å². The first-order chi connectivity index (χ1) is 15.3. The smallest absolute Gasteiger partial charge is 0.298 e. The molecule has 0 aliphatic rings. The van der Waals surface area contributed by atoms with Gasteiger partial charge in [0.2, 0.25) is 0 Å². The van der Waals surface area contributed by atoms with Crippen LogP contribution in [0.4, 0.5) is 0 Å². The molecule has 0 heterocycles. The second kappa shape index (κ2) is 16.2. The minimum Gasteiger partial charge on any atom is -0.496 e. The standard InChI is InChI=1S/C29H50O3/c1-22(2)17-16-19-23(3)18-14-12-10-8-9-11-13-15-20-27-26(6)28(32-21-30)24(4)25(5)29(27)31-7/h21-23H,8-20H2,1-7H3/t23-/m0/s1. The van der Waals surface area contributed by atoms with Crippen molar-refractivity contribution in [3.8, 4) is 11.5 Å². The van der Waals surface area contributed by atoms with Crippen molar-refractivity contribution >= 4 is 6.47 Å². The van der Waals surface area contributed by atoms with Gasteiger partial charge in [-0.3, -0.25) is 4.79 Å². The number of hydrogen-bond donors (Lipinski definition) is 0. The Morgan fingerprint density at radius 1 is 0.688 bits per heavy atom. The third-order valence-corrected chi connectivity index (χ3v) is 7.03. The normalized spacial score (nSPS) is 12.2. The lowest BCUT2D eigenvalue weighted by atomic mass is 9.93. The number of rotatable bonds is 18. The van der Waals surface area contributed by atoms with E-state index < -0.39 is 0 Å². The average Bonchev–Trinajstić information content (AvgIpc) is 2.75. The van der Waals surface area contributed by atoms with Gasteiger partial charge < -0.3 is 9.47 Å². The summed E-state index contributed by atoms with van der Waals surface area (Å²) in [6.45, 7) is 13.7. The summed E-state index contributed by atoms with van der Waals surface area (Å²) in [5, 5.41) is 0. The van der Waals surface area contributed by atoms with Crippen molar-refractivity contribution in [1.82, 2.24) is 0 Å². The summed E-state index contributed by atoms with van der Waals surface area (Å²) in [4.78, 5) is 10.9. The van der Waals surface area contributed by atoms with Crippen LogP contribution >= 0.6 is 0 Å². The molecule has 0 radical (unpaired) electrons. The highest BCUT2D eigenvalue weighted by Crippen LogP contribution is 2.38. The van der Waals surface area contributed by atoms with Crippen LogP contribution in [-0.4, -0.2) is 13.6 Å². The Morgan fingerprint density at radius 2 is 1.22 bits per heavy atom. The molecule has 32 heavy (non-hydrogen) atoms. The molecule has 0 spiro atoms. The average molecular weight is 447 g/mol. The minimum absolute atomic E-state index is 0.526. The predicted octanol–water partition coefficient (Wildman–Crippen LogP) is 8.67. The van der Waals surface area contributed by atoms with Gasteiger partial charge in [-0.1, -0.05) is 91.4 Å². The Kier molecular flexibility index (Phi) is 14.4. The van der Waals surface area contributed by atoms with Crippen molar-refractivity contribution in [3.63, 3.8) is 0 Å². The zero-order valence-electron chi connectivity index (χ0n) is 22.1. The first-order valence-corrected chi connectivity index (χ1v) is 13.1. The van der Waals surface area contributed by atoms with Gasteiger partial charge in [0.25, 0.3) is 6.47 Å². The molecular weight excluding hydrogens is 396 g/mol. The van der Waals surface area contributed by atoms with E-state index in [1.54, 1.807) is 7.11 Å². The first kappa shape index (κ1) is 28.5. The summed E-state index contributed by atoms with van der Waals surface area (Å²) >= 11 is 0. The molecule has 0 saturated carbocycles. The fourth-order valence-corrected chi connectivity index (χ4v) is 4.83. The van der Waals surface area contributed by atoms with E-state index in [-0.39, 0.29) is 0 Å². The number of benzene rings is 1. The van der Waals surface area contributed by atoms with E-state index in [1.807, 2.05) is 20.8 Å². The van der Waals surface area contributed by atoms with Gasteiger partial charge in [0.1, 0.15) is 11.5 Å². The Bertz CT molecular complexity index is 663. The van der Waals surface area contributed by atoms with E-state index in [2.05, 4.69) is 20.8 Å². The summed E-state index contributed by atoms with van der Waals surface area (Å²) in [6.07, 6.45) is 17.2. The topological polar surface area (TPSA) is 35.5 Å². The Labute approximate surface area is 198 Å². The molecule has 3 heteroatoms. The lowest BCUT2D eigenvalue weighted by Gasteiger charge is -2.20. The molecule has 0 unspecified atom stereocenters. The fraction of sp³-hybridized carbons (Fsp3) is 0.759. The van der Waals surface area contributed by atoms with Gasteiger partial charge in [-0.25, -0.2) is 0 Å². The maximum Gasteiger partial charge on any atom is 0.298 e. The van der Waals surface area contributed by atoms with Crippen molar-refractivity contribution in [1.29, 1.82) is 0 Å². The zero-order chi connectivity index (χ0) is 23.9. The predicted molar refractivity (Wildman–Crippen MR) is 137 cm³/mol. The van der Waals surface area contributed by atoms with Gasteiger partial charge in [0.05, 0.1) is 7.11 Å². The van der Waals surface area contributed by atoms with E-state index in [9.17, 15) is 4.79 Å². The largest absolute Gasteiger partial charge is 0.496 e. The van der Waals surface area contributed by atoms with Crippen LogP contribution in [0.5, 0.6) is 11.5 Å². The van der Waals surface area contributed by atoms with Crippen LogP contribution in [0.1, 0.15) is 120 Å². The second-order valence-corrected chi connectivity index (χ2v) is 10.2. The van der Waals surface area contributed by atoms with E-state index in [0.29, 0.717) is 12.2 Å². The van der Waals surface area contributed by atoms with Gasteiger partial charge in [0.15, 0.2) is 0 Å². The molecule has 0 aliphatic heterocycles. The molecule has 0 N–H and O–H groups in total. The molecule has 0 bridgehead atoms. The van der Waals surface area contributed by atoms with Gasteiger partial charge in [-0.05, 0) is 62.1 Å². The van der Waals surface area contributed by atoms with E-state index in [0.717, 1.165) is 47.1 Å². The van der Waals surface area contributed by atoms with Crippen LogP contribution in [0.3, 0.4) is 0 Å². The number of ether oxygens (including phenoxy) is 2. The third kappa shape index (κ3) is 9.96. The maximum atomic E-state index is 10.9. The van der Waals surface area contributed by atoms with Crippen molar-refractivity contribution in [2.75, 3.05) is 7.11 Å². The quantitative estimate of drug-likeness (QED) is 0.167. The van der Waals surface area contributed by atoms with E-state index in [4.69, 9.17) is 9.47 Å². The van der Waals surface area contributed by atoms with Crippen LogP contribution in [0.25, 0.3) is 0 Å². The van der Waals surface area contributed by atoms with Gasteiger partial charge in [0, 0.05) is 5.56 Å². The second-order valence-electron chi connectivity index (χ2n) is 10.2. The van der Waals surface area contributed by atoms with Crippen LogP contribution in [-0.2, 0) is 11.2 Å². The summed E-state index contributed by atoms with van der Waals surface area (Å²) < 4.78 is 11.0. The molecule has 1 aromatic rings. The lowest BCUT2D eigenvalue weighted by Crippen LogP contribution is -2.05. The number of hydrogen-bond acceptors (Lipinski definition) is 3. The highest BCUT2D eigenvalue weighted by molar-refractivity contribution is 5.61. The van der Waals surface area contributed by atoms with Crippen molar-refractivity contribution in [2.45, 2.75) is 125 Å². The van der Waals surface area contributed by atoms with E-state index in [1.165, 1.54) is 76.2 Å². The number of carbonyl (C=O) groups is 1. The van der Waals surface area contributed by atoms with Gasteiger partial charge in [-0.2, -0.15) is 0 Å². The van der Waals surface area contributed by atoms with Gasteiger partial charge >= 0.3 is 0 Å². The maximum absolute atomic E-state index is 10.9. The highest BCUT2D eigenvalue weighted by Gasteiger charge is 2.18. The lowest BCUT2D eigenvalue weighted by molar-refractivity contribution is -0.120. The number of unbranched alkanes of at least 4 members (excludes halogenated alkanes) is 7. The zero-order valence-corrected chi connectivity index (χ0v) is 22.1. The summed E-state index contributed by atoms with van der Waals surface area (Å²) in [7, 11) is 1.73. The van der Waals surface area contributed by atoms with Crippen LogP contribution in [0, 0.1) is 32.6 Å². The Balaban J connectivity index is 2.24. The molecule has 0 aliphatic carbocycles. The summed E-state index contributed by atoms with van der Waals surface area (Å²) in [6, 6.07) is 0. The Hall–Kier alpha value is -1.51. The van der Waals surface area contributed by atoms with Crippen molar-refractivity contribution < 1.29 is 14.3 Å². The Morgan fingerprint density at radius 3 is 1.78 bits per heavy atom. The summed E-state index contributed by atoms with van der Waals surface area (Å²) in [5.74, 6) is 3.40. The molecular formula is C29H50O3. The molecule has 1 atom stereocenters. The molecule has 184 valence electrons. The highest BCUT2D eigenvalue weighted by atomic mass is 16.5.